The van der Waals surface area contributed by atoms with Crippen LogP contribution in [0, 0.1) is 19.3 Å². The Hall–Kier alpha value is -1.32. The summed E-state index contributed by atoms with van der Waals surface area (Å²) in [7, 11) is 5.44. The summed E-state index contributed by atoms with van der Waals surface area (Å²) in [4.78, 5) is 18.6. The number of carbonyl (C=O) groups excluding carboxylic acids is 1. The van der Waals surface area contributed by atoms with Crippen molar-refractivity contribution >= 4 is 35.8 Å². The van der Waals surface area contributed by atoms with E-state index < -0.39 is 0 Å². The number of nitrogens with zero attached hydrogens (tertiary/aromatic N) is 3. The van der Waals surface area contributed by atoms with Crippen molar-refractivity contribution in [2.45, 2.75) is 52.4 Å². The van der Waals surface area contributed by atoms with Crippen molar-refractivity contribution in [1.29, 1.82) is 0 Å². The van der Waals surface area contributed by atoms with Gasteiger partial charge in [-0.15, -0.1) is 24.0 Å². The van der Waals surface area contributed by atoms with Crippen LogP contribution in [0.2, 0.25) is 0 Å². The summed E-state index contributed by atoms with van der Waals surface area (Å²) in [5.74, 6) is 1.87. The Bertz CT molecular complexity index is 617. The maximum Gasteiger partial charge on any atom is 0.230 e. The Morgan fingerprint density at radius 2 is 1.93 bits per heavy atom. The van der Waals surface area contributed by atoms with Gasteiger partial charge in [0.2, 0.25) is 5.91 Å². The summed E-state index contributed by atoms with van der Waals surface area (Å²) in [6.07, 6.45) is 6.01. The molecule has 1 saturated carbocycles. The molecule has 8 heteroatoms. The molecule has 0 radical (unpaired) electrons. The van der Waals surface area contributed by atoms with Gasteiger partial charge < -0.3 is 20.1 Å². The highest BCUT2D eigenvalue weighted by atomic mass is 127. The molecule has 0 aliphatic heterocycles. The first-order valence-electron chi connectivity index (χ1n) is 9.47. The molecule has 1 aliphatic carbocycles. The van der Waals surface area contributed by atoms with Gasteiger partial charge >= 0.3 is 0 Å². The average Bonchev–Trinajstić information content (AvgIpc) is 3.22. The zero-order valence-corrected chi connectivity index (χ0v) is 19.6. The van der Waals surface area contributed by atoms with Gasteiger partial charge in [0.25, 0.3) is 0 Å². The van der Waals surface area contributed by atoms with Crippen molar-refractivity contribution in [3.8, 4) is 0 Å². The van der Waals surface area contributed by atoms with Crippen LogP contribution in [0.1, 0.15) is 49.1 Å². The summed E-state index contributed by atoms with van der Waals surface area (Å²) in [6.45, 7) is 5.36. The van der Waals surface area contributed by atoms with Gasteiger partial charge in [-0.3, -0.25) is 9.79 Å². The lowest BCUT2D eigenvalue weighted by Gasteiger charge is -2.31. The lowest BCUT2D eigenvalue weighted by molar-refractivity contribution is -0.138. The summed E-state index contributed by atoms with van der Waals surface area (Å²) >= 11 is 0. The number of guanidine groups is 1. The summed E-state index contributed by atoms with van der Waals surface area (Å²) < 4.78 is 5.20. The Morgan fingerprint density at radius 1 is 1.26 bits per heavy atom. The second-order valence-corrected chi connectivity index (χ2v) is 7.45. The summed E-state index contributed by atoms with van der Waals surface area (Å²) in [5.41, 5.74) is 1.87. The number of nitrogens with one attached hydrogen (secondary N) is 2. The van der Waals surface area contributed by atoms with Gasteiger partial charge in [-0.05, 0) is 39.5 Å². The standard InChI is InChI=1S/C19H33N5O2.HI/c1-14-16(15(2)26-23-14)9-8-12-21-18(20-3)22-13-19(10-6-7-11-19)17(25)24(4)5;/h6-13H2,1-5H3,(H2,20,21,22);1H. The topological polar surface area (TPSA) is 82.8 Å². The first-order chi connectivity index (χ1) is 12.4. The molecular formula is C19H34IN5O2. The average molecular weight is 491 g/mol. The van der Waals surface area contributed by atoms with Crippen LogP contribution in [0.3, 0.4) is 0 Å². The molecule has 1 aliphatic rings. The maximum absolute atomic E-state index is 12.6. The second-order valence-electron chi connectivity index (χ2n) is 7.45. The predicted molar refractivity (Wildman–Crippen MR) is 119 cm³/mol. The van der Waals surface area contributed by atoms with Crippen LogP contribution < -0.4 is 10.6 Å². The Kier molecular flexibility index (Phi) is 9.55. The molecule has 0 spiro atoms. The van der Waals surface area contributed by atoms with E-state index in [1.807, 2.05) is 27.9 Å². The van der Waals surface area contributed by atoms with Crippen LogP contribution in [-0.4, -0.2) is 56.2 Å². The molecule has 0 saturated heterocycles. The molecule has 1 amide bonds. The highest BCUT2D eigenvalue weighted by molar-refractivity contribution is 14.0. The fourth-order valence-electron chi connectivity index (χ4n) is 3.80. The number of carbonyl (C=O) groups is 1. The van der Waals surface area contributed by atoms with E-state index in [0.717, 1.165) is 62.5 Å². The molecule has 0 aromatic carbocycles. The predicted octanol–water partition coefficient (Wildman–Crippen LogP) is 2.66. The largest absolute Gasteiger partial charge is 0.361 e. The molecule has 1 aromatic rings. The van der Waals surface area contributed by atoms with Gasteiger partial charge in [-0.2, -0.15) is 0 Å². The van der Waals surface area contributed by atoms with E-state index >= 15 is 0 Å². The van der Waals surface area contributed by atoms with Crippen molar-refractivity contribution in [2.75, 3.05) is 34.2 Å². The van der Waals surface area contributed by atoms with Crippen LogP contribution in [0.25, 0.3) is 0 Å². The van der Waals surface area contributed by atoms with E-state index in [1.165, 1.54) is 5.56 Å². The zero-order valence-electron chi connectivity index (χ0n) is 17.2. The molecule has 1 fully saturated rings. The molecule has 0 bridgehead atoms. The van der Waals surface area contributed by atoms with E-state index in [9.17, 15) is 4.79 Å². The lowest BCUT2D eigenvalue weighted by atomic mass is 9.84. The van der Waals surface area contributed by atoms with Crippen molar-refractivity contribution in [3.63, 3.8) is 0 Å². The van der Waals surface area contributed by atoms with E-state index in [1.54, 1.807) is 11.9 Å². The first-order valence-corrected chi connectivity index (χ1v) is 9.47. The van der Waals surface area contributed by atoms with Crippen LogP contribution in [-0.2, 0) is 11.2 Å². The fraction of sp³-hybridized carbons (Fsp3) is 0.737. The number of amides is 1. The number of aliphatic imine (C=N–C) groups is 1. The number of hydrogen-bond donors (Lipinski definition) is 2. The first kappa shape index (κ1) is 23.7. The second kappa shape index (κ2) is 10.9. The quantitative estimate of drug-likeness (QED) is 0.265. The normalized spacial score (nSPS) is 16.0. The molecule has 2 rings (SSSR count). The van der Waals surface area contributed by atoms with Crippen LogP contribution in [0.5, 0.6) is 0 Å². The van der Waals surface area contributed by atoms with E-state index in [-0.39, 0.29) is 35.3 Å². The smallest absolute Gasteiger partial charge is 0.230 e. The minimum atomic E-state index is -0.294. The van der Waals surface area contributed by atoms with Crippen LogP contribution >= 0.6 is 24.0 Å². The maximum atomic E-state index is 12.6. The number of aryl methyl sites for hydroxylation is 2. The van der Waals surface area contributed by atoms with Crippen molar-refractivity contribution < 1.29 is 9.32 Å². The van der Waals surface area contributed by atoms with Gasteiger partial charge in [-0.25, -0.2) is 0 Å². The van der Waals surface area contributed by atoms with Crippen molar-refractivity contribution in [1.82, 2.24) is 20.7 Å². The van der Waals surface area contributed by atoms with Crippen LogP contribution in [0.15, 0.2) is 9.52 Å². The van der Waals surface area contributed by atoms with Gasteiger partial charge in [0.1, 0.15) is 5.76 Å². The van der Waals surface area contributed by atoms with E-state index in [4.69, 9.17) is 4.52 Å². The highest BCUT2D eigenvalue weighted by Crippen LogP contribution is 2.38. The zero-order chi connectivity index (χ0) is 19.2. The van der Waals surface area contributed by atoms with Gasteiger partial charge in [-0.1, -0.05) is 18.0 Å². The highest BCUT2D eigenvalue weighted by Gasteiger charge is 2.42. The third kappa shape index (κ3) is 6.08. The molecule has 0 atom stereocenters. The van der Waals surface area contributed by atoms with Crippen LogP contribution in [0.4, 0.5) is 0 Å². The van der Waals surface area contributed by atoms with Gasteiger partial charge in [0.05, 0.1) is 11.1 Å². The summed E-state index contributed by atoms with van der Waals surface area (Å²) in [5, 5.41) is 10.7. The van der Waals surface area contributed by atoms with Crippen molar-refractivity contribution in [2.24, 2.45) is 10.4 Å². The van der Waals surface area contributed by atoms with E-state index in [2.05, 4.69) is 20.8 Å². The molecule has 2 N–H and O–H groups in total. The number of rotatable bonds is 7. The molecular weight excluding hydrogens is 457 g/mol. The molecule has 27 heavy (non-hydrogen) atoms. The lowest BCUT2D eigenvalue weighted by Crippen LogP contribution is -2.49. The number of aromatic nitrogens is 1. The summed E-state index contributed by atoms with van der Waals surface area (Å²) in [6, 6.07) is 0. The van der Waals surface area contributed by atoms with Gasteiger partial charge in [0.15, 0.2) is 5.96 Å². The third-order valence-corrected chi connectivity index (χ3v) is 5.32. The minimum absolute atomic E-state index is 0. The molecule has 1 heterocycles. The number of hydrogen-bond acceptors (Lipinski definition) is 4. The SMILES string of the molecule is CN=C(NCCCc1c(C)noc1C)NCC1(C(=O)N(C)C)CCCC1.I. The molecule has 7 nitrogen and oxygen atoms in total. The Balaban J connectivity index is 0.00000364. The number of halogens is 1. The Morgan fingerprint density at radius 3 is 2.44 bits per heavy atom. The third-order valence-electron chi connectivity index (χ3n) is 5.32. The fourth-order valence-corrected chi connectivity index (χ4v) is 3.80. The molecule has 1 aromatic heterocycles. The Labute approximate surface area is 179 Å². The minimum Gasteiger partial charge on any atom is -0.361 e. The molecule has 154 valence electrons. The van der Waals surface area contributed by atoms with Gasteiger partial charge in [0, 0.05) is 39.8 Å². The van der Waals surface area contributed by atoms with E-state index in [0.29, 0.717) is 6.54 Å². The molecule has 0 unspecified atom stereocenters. The monoisotopic (exact) mass is 491 g/mol. The van der Waals surface area contributed by atoms with Crippen molar-refractivity contribution in [3.05, 3.63) is 17.0 Å².